The zero-order valence-electron chi connectivity index (χ0n) is 10.5. The number of nitrogens with one attached hydrogen (secondary N) is 1. The van der Waals surface area contributed by atoms with Crippen LogP contribution in [0.15, 0.2) is 54.6 Å². The molecule has 94 valence electrons. The number of fused-ring (bicyclic) bond motifs is 1. The van der Waals surface area contributed by atoms with E-state index in [0.717, 1.165) is 27.8 Å². The van der Waals surface area contributed by atoms with E-state index in [9.17, 15) is 4.39 Å². The molecule has 3 rings (SSSR count). The number of anilines is 1. The fourth-order valence-corrected chi connectivity index (χ4v) is 2.16. The van der Waals surface area contributed by atoms with Crippen LogP contribution < -0.4 is 5.32 Å². The summed E-state index contributed by atoms with van der Waals surface area (Å²) in [6.45, 7) is 0. The first kappa shape index (κ1) is 11.7. The molecule has 3 aromatic rings. The van der Waals surface area contributed by atoms with Gasteiger partial charge in [-0.15, -0.1) is 0 Å². The van der Waals surface area contributed by atoms with Crippen molar-refractivity contribution < 1.29 is 4.39 Å². The Morgan fingerprint density at radius 2 is 1.79 bits per heavy atom. The maximum absolute atomic E-state index is 13.3. The minimum absolute atomic E-state index is 0.252. The molecule has 0 amide bonds. The highest BCUT2D eigenvalue weighted by Crippen LogP contribution is 2.28. The summed E-state index contributed by atoms with van der Waals surface area (Å²) in [5, 5.41) is 3.89. The van der Waals surface area contributed by atoms with E-state index >= 15 is 0 Å². The standard InChI is InChI=1S/C16H13FN2/c1-18-16-10-15(11-5-3-2-4-6-11)19-14-8-7-12(17)9-13(14)16/h2-10H,1H3,(H,18,19). The molecule has 0 aliphatic rings. The first-order chi connectivity index (χ1) is 9.28. The van der Waals surface area contributed by atoms with Crippen LogP contribution in [0.2, 0.25) is 0 Å². The monoisotopic (exact) mass is 252 g/mol. The van der Waals surface area contributed by atoms with Crippen LogP contribution in [0.1, 0.15) is 0 Å². The third-order valence-corrected chi connectivity index (χ3v) is 3.11. The van der Waals surface area contributed by atoms with Gasteiger partial charge in [0.05, 0.1) is 11.2 Å². The van der Waals surface area contributed by atoms with Crippen molar-refractivity contribution in [2.24, 2.45) is 0 Å². The lowest BCUT2D eigenvalue weighted by atomic mass is 10.1. The highest BCUT2D eigenvalue weighted by atomic mass is 19.1. The van der Waals surface area contributed by atoms with Gasteiger partial charge in [0.15, 0.2) is 0 Å². The smallest absolute Gasteiger partial charge is 0.124 e. The summed E-state index contributed by atoms with van der Waals surface area (Å²) in [4.78, 5) is 4.59. The highest BCUT2D eigenvalue weighted by Gasteiger charge is 2.07. The van der Waals surface area contributed by atoms with Crippen molar-refractivity contribution in [1.82, 2.24) is 4.98 Å². The Balaban J connectivity index is 2.26. The summed E-state index contributed by atoms with van der Waals surface area (Å²) < 4.78 is 13.3. The number of aromatic nitrogens is 1. The van der Waals surface area contributed by atoms with Crippen LogP contribution in [0.4, 0.5) is 10.1 Å². The molecule has 0 aliphatic carbocycles. The van der Waals surface area contributed by atoms with Crippen LogP contribution in [0, 0.1) is 5.82 Å². The van der Waals surface area contributed by atoms with E-state index in [1.54, 1.807) is 6.07 Å². The van der Waals surface area contributed by atoms with E-state index in [1.165, 1.54) is 12.1 Å². The van der Waals surface area contributed by atoms with Gasteiger partial charge in [-0.25, -0.2) is 9.37 Å². The molecule has 0 radical (unpaired) electrons. The van der Waals surface area contributed by atoms with Crippen molar-refractivity contribution >= 4 is 16.6 Å². The normalized spacial score (nSPS) is 10.6. The Labute approximate surface area is 110 Å². The predicted octanol–water partition coefficient (Wildman–Crippen LogP) is 4.08. The molecule has 1 aromatic heterocycles. The lowest BCUT2D eigenvalue weighted by molar-refractivity contribution is 0.629. The van der Waals surface area contributed by atoms with Gasteiger partial charge >= 0.3 is 0 Å². The minimum Gasteiger partial charge on any atom is -0.388 e. The largest absolute Gasteiger partial charge is 0.388 e. The molecule has 0 spiro atoms. The molecular weight excluding hydrogens is 239 g/mol. The molecule has 2 aromatic carbocycles. The van der Waals surface area contributed by atoms with E-state index in [-0.39, 0.29) is 5.82 Å². The lowest BCUT2D eigenvalue weighted by Crippen LogP contribution is -1.94. The SMILES string of the molecule is CNc1cc(-c2ccccc2)nc2ccc(F)cc12. The van der Waals surface area contributed by atoms with Gasteiger partial charge in [0.25, 0.3) is 0 Å². The van der Waals surface area contributed by atoms with Crippen molar-refractivity contribution in [3.63, 3.8) is 0 Å². The van der Waals surface area contributed by atoms with Gasteiger partial charge < -0.3 is 5.32 Å². The quantitative estimate of drug-likeness (QED) is 0.743. The third kappa shape index (κ3) is 2.15. The van der Waals surface area contributed by atoms with Crippen LogP contribution >= 0.6 is 0 Å². The Hall–Kier alpha value is -2.42. The van der Waals surface area contributed by atoms with Gasteiger partial charge in [-0.2, -0.15) is 0 Å². The summed E-state index contributed by atoms with van der Waals surface area (Å²) in [5.41, 5.74) is 3.59. The van der Waals surface area contributed by atoms with E-state index < -0.39 is 0 Å². The van der Waals surface area contributed by atoms with Gasteiger partial charge in [0.2, 0.25) is 0 Å². The number of hydrogen-bond acceptors (Lipinski definition) is 2. The number of rotatable bonds is 2. The second-order valence-corrected chi connectivity index (χ2v) is 4.33. The maximum Gasteiger partial charge on any atom is 0.124 e. The average Bonchev–Trinajstić information content (AvgIpc) is 2.47. The van der Waals surface area contributed by atoms with Gasteiger partial charge in [-0.3, -0.25) is 0 Å². The fraction of sp³-hybridized carbons (Fsp3) is 0.0625. The molecule has 0 fully saturated rings. The van der Waals surface area contributed by atoms with Crippen LogP contribution in [0.25, 0.3) is 22.2 Å². The average molecular weight is 252 g/mol. The molecule has 19 heavy (non-hydrogen) atoms. The number of pyridine rings is 1. The second kappa shape index (κ2) is 4.69. The first-order valence-corrected chi connectivity index (χ1v) is 6.11. The third-order valence-electron chi connectivity index (χ3n) is 3.11. The van der Waals surface area contributed by atoms with Crippen molar-refractivity contribution in [3.05, 3.63) is 60.4 Å². The molecule has 0 atom stereocenters. The number of hydrogen-bond donors (Lipinski definition) is 1. The Bertz CT molecular complexity index is 723. The molecule has 1 N–H and O–H groups in total. The molecule has 1 heterocycles. The maximum atomic E-state index is 13.3. The van der Waals surface area contributed by atoms with E-state index in [0.29, 0.717) is 0 Å². The van der Waals surface area contributed by atoms with Gasteiger partial charge in [-0.05, 0) is 24.3 Å². The molecular formula is C16H13FN2. The van der Waals surface area contributed by atoms with Crippen molar-refractivity contribution in [2.45, 2.75) is 0 Å². The molecule has 0 saturated heterocycles. The van der Waals surface area contributed by atoms with Crippen molar-refractivity contribution in [2.75, 3.05) is 12.4 Å². The Morgan fingerprint density at radius 1 is 1.00 bits per heavy atom. The molecule has 0 unspecified atom stereocenters. The summed E-state index contributed by atoms with van der Waals surface area (Å²) >= 11 is 0. The van der Waals surface area contributed by atoms with Crippen LogP contribution in [0.3, 0.4) is 0 Å². The fourth-order valence-electron chi connectivity index (χ4n) is 2.16. The highest BCUT2D eigenvalue weighted by molar-refractivity contribution is 5.93. The Morgan fingerprint density at radius 3 is 2.53 bits per heavy atom. The summed E-state index contributed by atoms with van der Waals surface area (Å²) in [7, 11) is 1.83. The van der Waals surface area contributed by atoms with Gasteiger partial charge in [0.1, 0.15) is 5.82 Å². The van der Waals surface area contributed by atoms with Crippen LogP contribution in [-0.2, 0) is 0 Å². The molecule has 0 aliphatic heterocycles. The summed E-state index contributed by atoms with van der Waals surface area (Å²) in [5.74, 6) is -0.252. The van der Waals surface area contributed by atoms with E-state index in [2.05, 4.69) is 10.3 Å². The van der Waals surface area contributed by atoms with E-state index in [1.807, 2.05) is 43.4 Å². The van der Waals surface area contributed by atoms with E-state index in [4.69, 9.17) is 0 Å². The first-order valence-electron chi connectivity index (χ1n) is 6.11. The van der Waals surface area contributed by atoms with Crippen LogP contribution in [0.5, 0.6) is 0 Å². The molecule has 2 nitrogen and oxygen atoms in total. The minimum atomic E-state index is -0.252. The van der Waals surface area contributed by atoms with Crippen molar-refractivity contribution in [1.29, 1.82) is 0 Å². The number of benzene rings is 2. The predicted molar refractivity (Wildman–Crippen MR) is 76.7 cm³/mol. The lowest BCUT2D eigenvalue weighted by Gasteiger charge is -2.09. The number of halogens is 1. The zero-order chi connectivity index (χ0) is 13.2. The van der Waals surface area contributed by atoms with Gasteiger partial charge in [0, 0.05) is 23.7 Å². The van der Waals surface area contributed by atoms with Crippen molar-refractivity contribution in [3.8, 4) is 11.3 Å². The number of nitrogens with zero attached hydrogens (tertiary/aromatic N) is 1. The molecule has 0 saturated carbocycles. The molecule has 0 bridgehead atoms. The van der Waals surface area contributed by atoms with Gasteiger partial charge in [-0.1, -0.05) is 30.3 Å². The topological polar surface area (TPSA) is 24.9 Å². The molecule has 3 heteroatoms. The summed E-state index contributed by atoms with van der Waals surface area (Å²) in [6, 6.07) is 16.5. The second-order valence-electron chi connectivity index (χ2n) is 4.33. The van der Waals surface area contributed by atoms with Crippen LogP contribution in [-0.4, -0.2) is 12.0 Å². The summed E-state index contributed by atoms with van der Waals surface area (Å²) in [6.07, 6.45) is 0. The zero-order valence-corrected chi connectivity index (χ0v) is 10.5. The Kier molecular flexibility index (Phi) is 2.88.